The minimum atomic E-state index is 0. The maximum atomic E-state index is 7.21. The molecule has 0 saturated heterocycles. The van der Waals surface area contributed by atoms with Crippen LogP contribution in [0.5, 0.6) is 0 Å². The predicted molar refractivity (Wildman–Crippen MR) is 61.5 cm³/mol. The number of thioether (sulfide) groups is 1. The fraction of sp³-hybridized carbons (Fsp3) is 0.222. The first-order chi connectivity index (χ1) is 5.29. The summed E-state index contributed by atoms with van der Waals surface area (Å²) in [7, 11) is 0. The molecule has 1 aromatic rings. The van der Waals surface area contributed by atoms with E-state index in [0.717, 1.165) is 5.75 Å². The maximum Gasteiger partial charge on any atom is 0.0613 e. The van der Waals surface area contributed by atoms with Crippen molar-refractivity contribution in [2.24, 2.45) is 0 Å². The molecule has 0 radical (unpaired) electrons. The number of nitrogens with one attached hydrogen (secondary N) is 1. The molecule has 0 unspecified atom stereocenters. The lowest BCUT2D eigenvalue weighted by molar-refractivity contribution is 1.42. The lowest BCUT2D eigenvalue weighted by Crippen LogP contribution is -1.83. The topological polar surface area (TPSA) is 23.9 Å². The van der Waals surface area contributed by atoms with Crippen LogP contribution in [0.25, 0.3) is 0 Å². The van der Waals surface area contributed by atoms with Gasteiger partial charge >= 0.3 is 0 Å². The Hall–Kier alpha value is -0.280. The van der Waals surface area contributed by atoms with Crippen LogP contribution in [-0.4, -0.2) is 5.04 Å². The van der Waals surface area contributed by atoms with Gasteiger partial charge in [0.15, 0.2) is 0 Å². The van der Waals surface area contributed by atoms with Crippen molar-refractivity contribution < 1.29 is 0 Å². The number of halogens is 1. The molecule has 0 heterocycles. The van der Waals surface area contributed by atoms with Gasteiger partial charge in [0.25, 0.3) is 0 Å². The second-order valence-electron chi connectivity index (χ2n) is 2.33. The summed E-state index contributed by atoms with van der Waals surface area (Å²) in [6.07, 6.45) is 0. The maximum absolute atomic E-state index is 7.21. The number of hydrogen-bond donors (Lipinski definition) is 1. The molecule has 0 aliphatic heterocycles. The van der Waals surface area contributed by atoms with Crippen molar-refractivity contribution in [3.05, 3.63) is 35.9 Å². The van der Waals surface area contributed by atoms with Gasteiger partial charge in [-0.15, -0.1) is 28.7 Å². The minimum Gasteiger partial charge on any atom is -0.299 e. The molecule has 1 nitrogen and oxygen atoms in total. The van der Waals surface area contributed by atoms with E-state index in [1.165, 1.54) is 5.56 Å². The second kappa shape index (κ2) is 6.26. The Balaban J connectivity index is 0.00000121. The van der Waals surface area contributed by atoms with Gasteiger partial charge in [0.2, 0.25) is 0 Å². The Bertz CT molecular complexity index is 236. The molecule has 0 aliphatic carbocycles. The third-order valence-electron chi connectivity index (χ3n) is 1.30. The Labute approximate surface area is 87.8 Å². The van der Waals surface area contributed by atoms with Gasteiger partial charge in [-0.3, -0.25) is 5.41 Å². The summed E-state index contributed by atoms with van der Waals surface area (Å²) < 4.78 is 0. The third-order valence-corrected chi connectivity index (χ3v) is 2.21. The molecule has 3 heteroatoms. The van der Waals surface area contributed by atoms with Crippen LogP contribution in [-0.2, 0) is 5.75 Å². The smallest absolute Gasteiger partial charge is 0.0613 e. The zero-order chi connectivity index (χ0) is 8.10. The molecular weight excluding hydrogens is 234 g/mol. The highest BCUT2D eigenvalue weighted by molar-refractivity contribution is 8.93. The molecule has 1 N–H and O–H groups in total. The molecule has 0 atom stereocenters. The Morgan fingerprint density at radius 2 is 1.92 bits per heavy atom. The highest BCUT2D eigenvalue weighted by Crippen LogP contribution is 2.11. The molecule has 1 aromatic carbocycles. The molecule has 0 bridgehead atoms. The van der Waals surface area contributed by atoms with Crippen LogP contribution in [0, 0.1) is 5.41 Å². The van der Waals surface area contributed by atoms with Crippen molar-refractivity contribution in [3.8, 4) is 0 Å². The Morgan fingerprint density at radius 1 is 1.33 bits per heavy atom. The molecule has 0 spiro atoms. The molecular formula is C9H12BrNS. The van der Waals surface area contributed by atoms with Gasteiger partial charge < -0.3 is 0 Å². The molecule has 0 amide bonds. The van der Waals surface area contributed by atoms with Gasteiger partial charge in [-0.05, 0) is 12.5 Å². The van der Waals surface area contributed by atoms with E-state index in [-0.39, 0.29) is 17.0 Å². The number of hydrogen-bond acceptors (Lipinski definition) is 2. The quantitative estimate of drug-likeness (QED) is 0.626. The lowest BCUT2D eigenvalue weighted by Gasteiger charge is -1.97. The van der Waals surface area contributed by atoms with Gasteiger partial charge in [-0.1, -0.05) is 30.3 Å². The fourth-order valence-electron chi connectivity index (χ4n) is 0.766. The van der Waals surface area contributed by atoms with Gasteiger partial charge in [-0.2, -0.15) is 0 Å². The molecule has 66 valence electrons. The minimum absolute atomic E-state index is 0. The van der Waals surface area contributed by atoms with Gasteiger partial charge in [0.05, 0.1) is 5.04 Å². The van der Waals surface area contributed by atoms with E-state index in [1.807, 2.05) is 25.1 Å². The average molecular weight is 246 g/mol. The lowest BCUT2D eigenvalue weighted by atomic mass is 10.2. The van der Waals surface area contributed by atoms with E-state index in [2.05, 4.69) is 12.1 Å². The van der Waals surface area contributed by atoms with E-state index in [4.69, 9.17) is 5.41 Å². The average Bonchev–Trinajstić information content (AvgIpc) is 2.03. The van der Waals surface area contributed by atoms with E-state index in [9.17, 15) is 0 Å². The first-order valence-corrected chi connectivity index (χ1v) is 4.49. The van der Waals surface area contributed by atoms with E-state index >= 15 is 0 Å². The molecule has 0 saturated carbocycles. The fourth-order valence-corrected chi connectivity index (χ4v) is 1.34. The molecule has 0 aliphatic rings. The first-order valence-electron chi connectivity index (χ1n) is 3.51. The molecule has 12 heavy (non-hydrogen) atoms. The molecule has 0 fully saturated rings. The van der Waals surface area contributed by atoms with Crippen LogP contribution in [0.2, 0.25) is 0 Å². The van der Waals surface area contributed by atoms with Crippen molar-refractivity contribution in [3.63, 3.8) is 0 Å². The van der Waals surface area contributed by atoms with E-state index < -0.39 is 0 Å². The van der Waals surface area contributed by atoms with Crippen LogP contribution in [0.1, 0.15) is 12.5 Å². The van der Waals surface area contributed by atoms with Gasteiger partial charge in [0, 0.05) is 5.75 Å². The third kappa shape index (κ3) is 4.57. The summed E-state index contributed by atoms with van der Waals surface area (Å²) in [5.41, 5.74) is 1.28. The van der Waals surface area contributed by atoms with Crippen molar-refractivity contribution in [2.45, 2.75) is 12.7 Å². The molecule has 0 aromatic heterocycles. The summed E-state index contributed by atoms with van der Waals surface area (Å²) in [5, 5.41) is 7.88. The summed E-state index contributed by atoms with van der Waals surface area (Å²) in [5.74, 6) is 0.913. The van der Waals surface area contributed by atoms with Crippen molar-refractivity contribution in [2.75, 3.05) is 0 Å². The zero-order valence-electron chi connectivity index (χ0n) is 6.91. The van der Waals surface area contributed by atoms with Crippen LogP contribution < -0.4 is 0 Å². The summed E-state index contributed by atoms with van der Waals surface area (Å²) in [6.45, 7) is 1.81. The standard InChI is InChI=1S/C9H11NS.BrH/c1-8(10)11-7-9-5-3-2-4-6-9;/h2-6,10H,7H2,1H3;1H. The van der Waals surface area contributed by atoms with Crippen LogP contribution in [0.4, 0.5) is 0 Å². The summed E-state index contributed by atoms with van der Waals surface area (Å²) >= 11 is 1.57. The first kappa shape index (κ1) is 11.7. The number of rotatable bonds is 2. The Morgan fingerprint density at radius 3 is 2.42 bits per heavy atom. The normalized spacial score (nSPS) is 8.75. The molecule has 1 rings (SSSR count). The van der Waals surface area contributed by atoms with Crippen molar-refractivity contribution >= 4 is 33.8 Å². The Kier molecular flexibility index (Phi) is 6.11. The van der Waals surface area contributed by atoms with Crippen LogP contribution in [0.15, 0.2) is 30.3 Å². The van der Waals surface area contributed by atoms with Gasteiger partial charge in [-0.25, -0.2) is 0 Å². The largest absolute Gasteiger partial charge is 0.299 e. The van der Waals surface area contributed by atoms with Crippen LogP contribution in [0.3, 0.4) is 0 Å². The summed E-state index contributed by atoms with van der Waals surface area (Å²) in [6, 6.07) is 10.2. The zero-order valence-corrected chi connectivity index (χ0v) is 9.44. The SMILES string of the molecule is Br.CC(=N)SCc1ccccc1. The predicted octanol–water partition coefficient (Wildman–Crippen LogP) is 3.49. The monoisotopic (exact) mass is 245 g/mol. The number of benzene rings is 1. The van der Waals surface area contributed by atoms with Gasteiger partial charge in [0.1, 0.15) is 0 Å². The van der Waals surface area contributed by atoms with E-state index in [0.29, 0.717) is 5.04 Å². The van der Waals surface area contributed by atoms with E-state index in [1.54, 1.807) is 11.8 Å². The highest BCUT2D eigenvalue weighted by Gasteiger charge is 1.91. The van der Waals surface area contributed by atoms with Crippen molar-refractivity contribution in [1.29, 1.82) is 5.41 Å². The highest BCUT2D eigenvalue weighted by atomic mass is 79.9. The van der Waals surface area contributed by atoms with Crippen LogP contribution >= 0.6 is 28.7 Å². The van der Waals surface area contributed by atoms with Crippen molar-refractivity contribution in [1.82, 2.24) is 0 Å². The summed E-state index contributed by atoms with van der Waals surface area (Å²) in [4.78, 5) is 0. The second-order valence-corrected chi connectivity index (χ2v) is 3.52.